The fourth-order valence-corrected chi connectivity index (χ4v) is 6.08. The maximum atomic E-state index is 2.40. The largest absolute Gasteiger partial charge is 0.0725 e. The third-order valence-corrected chi connectivity index (χ3v) is 7.60. The highest BCUT2D eigenvalue weighted by molar-refractivity contribution is 5.92. The van der Waals surface area contributed by atoms with Crippen molar-refractivity contribution in [3.8, 4) is 22.3 Å². The summed E-state index contributed by atoms with van der Waals surface area (Å²) >= 11 is 0. The average molecular weight is 433 g/mol. The van der Waals surface area contributed by atoms with Gasteiger partial charge in [0.1, 0.15) is 0 Å². The van der Waals surface area contributed by atoms with E-state index in [9.17, 15) is 0 Å². The smallest absolute Gasteiger partial charge is 0.0619 e. The lowest BCUT2D eigenvalue weighted by atomic mass is 9.66. The fourth-order valence-electron chi connectivity index (χ4n) is 6.08. The summed E-state index contributed by atoms with van der Waals surface area (Å²) < 4.78 is 0. The Morgan fingerprint density at radius 2 is 0.971 bits per heavy atom. The summed E-state index contributed by atoms with van der Waals surface area (Å²) in [6.07, 6.45) is 4.56. The van der Waals surface area contributed by atoms with E-state index in [0.717, 1.165) is 0 Å². The van der Waals surface area contributed by atoms with Crippen LogP contribution < -0.4 is 0 Å². The lowest BCUT2D eigenvalue weighted by Crippen LogP contribution is -2.29. The molecule has 0 N–H and O–H groups in total. The van der Waals surface area contributed by atoms with Gasteiger partial charge in [-0.25, -0.2) is 0 Å². The van der Waals surface area contributed by atoms with Crippen LogP contribution in [0.3, 0.4) is 0 Å². The van der Waals surface area contributed by atoms with E-state index < -0.39 is 0 Å². The van der Waals surface area contributed by atoms with Crippen molar-refractivity contribution in [3.63, 3.8) is 0 Å². The van der Waals surface area contributed by atoms with Gasteiger partial charge < -0.3 is 0 Å². The number of benzene rings is 5. The Balaban J connectivity index is 1.60. The zero-order chi connectivity index (χ0) is 22.7. The van der Waals surface area contributed by atoms with Crippen LogP contribution in [0.25, 0.3) is 34.4 Å². The number of hydrogen-bond donors (Lipinski definition) is 0. The molecule has 160 valence electrons. The molecule has 0 fully saturated rings. The first-order chi connectivity index (χ1) is 16.8. The molecule has 2 aliphatic carbocycles. The summed E-state index contributed by atoms with van der Waals surface area (Å²) in [5.74, 6) is 0. The van der Waals surface area contributed by atoms with Gasteiger partial charge in [0.05, 0.1) is 5.41 Å². The maximum absolute atomic E-state index is 2.40. The van der Waals surface area contributed by atoms with Crippen molar-refractivity contribution < 1.29 is 0 Å². The molecule has 2 aliphatic rings. The molecule has 0 saturated heterocycles. The Morgan fingerprint density at radius 3 is 1.65 bits per heavy atom. The van der Waals surface area contributed by atoms with E-state index in [0.29, 0.717) is 0 Å². The van der Waals surface area contributed by atoms with Gasteiger partial charge in [-0.2, -0.15) is 0 Å². The van der Waals surface area contributed by atoms with Gasteiger partial charge in [-0.15, -0.1) is 0 Å². The first-order valence-corrected chi connectivity index (χ1v) is 12.0. The summed E-state index contributed by atoms with van der Waals surface area (Å²) in [5, 5.41) is 0. The second kappa shape index (κ2) is 7.17. The summed E-state index contributed by atoms with van der Waals surface area (Å²) in [4.78, 5) is 0. The van der Waals surface area contributed by atoms with E-state index in [4.69, 9.17) is 0 Å². The number of hydrogen-bond acceptors (Lipinski definition) is 0. The molecule has 5 aromatic rings. The molecule has 0 aromatic heterocycles. The molecule has 0 atom stereocenters. The molecule has 0 amide bonds. The summed E-state index contributed by atoms with van der Waals surface area (Å²) in [5.41, 5.74) is 14.1. The first-order valence-electron chi connectivity index (χ1n) is 12.0. The number of rotatable bonds is 1. The minimum atomic E-state index is -0.339. The highest BCUT2D eigenvalue weighted by Gasteiger charge is 2.48. The van der Waals surface area contributed by atoms with E-state index in [-0.39, 0.29) is 5.41 Å². The van der Waals surface area contributed by atoms with E-state index in [1.807, 2.05) is 0 Å². The highest BCUT2D eigenvalue weighted by Crippen LogP contribution is 2.58. The zero-order valence-corrected chi connectivity index (χ0v) is 19.1. The van der Waals surface area contributed by atoms with Gasteiger partial charge in [0.15, 0.2) is 0 Å². The monoisotopic (exact) mass is 432 g/mol. The molecule has 0 bridgehead atoms. The number of fused-ring (bicyclic) bond motifs is 9. The topological polar surface area (TPSA) is 0 Å². The molecule has 0 radical (unpaired) electrons. The summed E-state index contributed by atoms with van der Waals surface area (Å²) in [7, 11) is 0. The zero-order valence-electron chi connectivity index (χ0n) is 19.1. The maximum Gasteiger partial charge on any atom is 0.0725 e. The Labute approximate surface area is 200 Å². The highest BCUT2D eigenvalue weighted by atomic mass is 14.5. The molecule has 1 spiro atoms. The number of aryl methyl sites for hydroxylation is 1. The van der Waals surface area contributed by atoms with Gasteiger partial charge in [-0.05, 0) is 68.6 Å². The third-order valence-electron chi connectivity index (χ3n) is 7.60. The van der Waals surface area contributed by atoms with Crippen LogP contribution in [0.15, 0.2) is 115 Å². The van der Waals surface area contributed by atoms with Crippen LogP contribution in [0, 0.1) is 6.92 Å². The van der Waals surface area contributed by atoms with Crippen LogP contribution in [-0.4, -0.2) is 0 Å². The lowest BCUT2D eigenvalue weighted by molar-refractivity contribution is 0.766. The average Bonchev–Trinajstić information content (AvgIpc) is 3.09. The SMILES string of the molecule is Cc1ccc(-c2ccc3c(c2)-c2ccccc2C32c3ccccc3C=Cc3ccccc32)cc1. The van der Waals surface area contributed by atoms with E-state index in [1.165, 1.54) is 61.2 Å². The van der Waals surface area contributed by atoms with Crippen molar-refractivity contribution in [1.82, 2.24) is 0 Å². The fraction of sp³-hybridized carbons (Fsp3) is 0.0588. The Morgan fingerprint density at radius 1 is 0.441 bits per heavy atom. The molecule has 5 aromatic carbocycles. The standard InChI is InChI=1S/C34H24/c1-23-14-16-24(17-15-23)27-20-21-33-29(22-27)28-10-4-7-13-32(28)34(33)30-11-5-2-8-25(30)18-19-26-9-3-6-12-31(26)34/h2-22H,1H3. The molecule has 0 heterocycles. The van der Waals surface area contributed by atoms with Crippen LogP contribution in [0.4, 0.5) is 0 Å². The molecular weight excluding hydrogens is 408 g/mol. The Kier molecular flexibility index (Phi) is 4.07. The minimum absolute atomic E-state index is 0.339. The van der Waals surface area contributed by atoms with Crippen LogP contribution >= 0.6 is 0 Å². The van der Waals surface area contributed by atoms with E-state index in [2.05, 4.69) is 134 Å². The van der Waals surface area contributed by atoms with Crippen molar-refractivity contribution in [3.05, 3.63) is 154 Å². The summed E-state index contributed by atoms with van der Waals surface area (Å²) in [6, 6.07) is 42.7. The van der Waals surface area contributed by atoms with Gasteiger partial charge in [-0.1, -0.05) is 127 Å². The van der Waals surface area contributed by atoms with E-state index >= 15 is 0 Å². The third kappa shape index (κ3) is 2.54. The molecular formula is C34H24. The molecule has 7 rings (SSSR count). The van der Waals surface area contributed by atoms with Crippen molar-refractivity contribution in [2.75, 3.05) is 0 Å². The van der Waals surface area contributed by atoms with Crippen molar-refractivity contribution in [1.29, 1.82) is 0 Å². The predicted octanol–water partition coefficient (Wildman–Crippen LogP) is 8.51. The molecule has 0 aliphatic heterocycles. The van der Waals surface area contributed by atoms with Gasteiger partial charge in [0.25, 0.3) is 0 Å². The van der Waals surface area contributed by atoms with Crippen molar-refractivity contribution >= 4 is 12.2 Å². The van der Waals surface area contributed by atoms with Crippen LogP contribution in [0.2, 0.25) is 0 Å². The van der Waals surface area contributed by atoms with Gasteiger partial charge in [0, 0.05) is 0 Å². The Hall–Kier alpha value is -4.16. The molecule has 0 saturated carbocycles. The Bertz CT molecular complexity index is 1550. The lowest BCUT2D eigenvalue weighted by Gasteiger charge is -2.35. The van der Waals surface area contributed by atoms with Crippen molar-refractivity contribution in [2.45, 2.75) is 12.3 Å². The van der Waals surface area contributed by atoms with Gasteiger partial charge >= 0.3 is 0 Å². The molecule has 34 heavy (non-hydrogen) atoms. The quantitative estimate of drug-likeness (QED) is 0.244. The van der Waals surface area contributed by atoms with Crippen LogP contribution in [0.1, 0.15) is 38.9 Å². The van der Waals surface area contributed by atoms with Gasteiger partial charge in [-0.3, -0.25) is 0 Å². The molecule has 0 unspecified atom stereocenters. The summed E-state index contributed by atoms with van der Waals surface area (Å²) in [6.45, 7) is 2.14. The normalized spacial score (nSPS) is 14.1. The second-order valence-corrected chi connectivity index (χ2v) is 9.43. The van der Waals surface area contributed by atoms with Crippen LogP contribution in [0.5, 0.6) is 0 Å². The second-order valence-electron chi connectivity index (χ2n) is 9.43. The van der Waals surface area contributed by atoms with E-state index in [1.54, 1.807) is 0 Å². The molecule has 0 nitrogen and oxygen atoms in total. The predicted molar refractivity (Wildman–Crippen MR) is 143 cm³/mol. The first kappa shape index (κ1) is 19.3. The minimum Gasteiger partial charge on any atom is -0.0619 e. The van der Waals surface area contributed by atoms with Crippen LogP contribution in [-0.2, 0) is 5.41 Å². The molecule has 0 heteroatoms. The van der Waals surface area contributed by atoms with Gasteiger partial charge in [0.2, 0.25) is 0 Å². The van der Waals surface area contributed by atoms with Crippen molar-refractivity contribution in [2.24, 2.45) is 0 Å².